The summed E-state index contributed by atoms with van der Waals surface area (Å²) in [6.45, 7) is 11.6. The molecule has 0 aliphatic heterocycles. The molecule has 0 spiro atoms. The van der Waals surface area contributed by atoms with Crippen molar-refractivity contribution in [3.63, 3.8) is 0 Å². The first kappa shape index (κ1) is 13.1. The predicted octanol–water partition coefficient (Wildman–Crippen LogP) is 2.56. The molecule has 0 aromatic carbocycles. The zero-order valence-corrected chi connectivity index (χ0v) is 11.0. The van der Waals surface area contributed by atoms with Crippen molar-refractivity contribution < 1.29 is 0 Å². The molecule has 0 saturated heterocycles. The van der Waals surface area contributed by atoms with Gasteiger partial charge in [-0.3, -0.25) is 0 Å². The molecule has 0 aliphatic rings. The van der Waals surface area contributed by atoms with Gasteiger partial charge in [0.05, 0.1) is 0 Å². The maximum Gasteiger partial charge on any atom is 0.128 e. The van der Waals surface area contributed by atoms with Crippen LogP contribution in [0.25, 0.3) is 0 Å². The van der Waals surface area contributed by atoms with Crippen LogP contribution in [-0.2, 0) is 13.0 Å². The molecule has 3 nitrogen and oxygen atoms in total. The van der Waals surface area contributed by atoms with Gasteiger partial charge in [0.1, 0.15) is 5.82 Å². The van der Waals surface area contributed by atoms with Gasteiger partial charge in [-0.05, 0) is 26.7 Å². The fourth-order valence-electron chi connectivity index (χ4n) is 1.31. The second-order valence-corrected chi connectivity index (χ2v) is 5.71. The summed E-state index contributed by atoms with van der Waals surface area (Å²) in [5.74, 6) is 1.55. The molecule has 0 aliphatic carbocycles. The molecule has 0 saturated carbocycles. The van der Waals surface area contributed by atoms with E-state index in [4.69, 9.17) is 0 Å². The summed E-state index contributed by atoms with van der Waals surface area (Å²) in [5, 5.41) is 3.42. The summed E-state index contributed by atoms with van der Waals surface area (Å²) in [6.07, 6.45) is 4.79. The van der Waals surface area contributed by atoms with Crippen LogP contribution in [0.3, 0.4) is 0 Å². The lowest BCUT2D eigenvalue weighted by atomic mass is 10.1. The van der Waals surface area contributed by atoms with Crippen LogP contribution in [0.4, 0.5) is 0 Å². The summed E-state index contributed by atoms with van der Waals surface area (Å²) >= 11 is 0. The standard InChI is InChI=1S/C13H23N3/c1-10(2)6-12-14-7-11(8-15-12)9-16-13(3,4)5/h7-8,10,16H,6,9H2,1-5H3. The van der Waals surface area contributed by atoms with Crippen LogP contribution in [-0.4, -0.2) is 15.5 Å². The summed E-state index contributed by atoms with van der Waals surface area (Å²) in [4.78, 5) is 8.74. The summed E-state index contributed by atoms with van der Waals surface area (Å²) in [7, 11) is 0. The molecule has 0 fully saturated rings. The molecule has 1 aromatic rings. The van der Waals surface area contributed by atoms with Crippen molar-refractivity contribution in [3.8, 4) is 0 Å². The third-order valence-electron chi connectivity index (χ3n) is 2.17. The van der Waals surface area contributed by atoms with Gasteiger partial charge in [0.25, 0.3) is 0 Å². The number of nitrogens with zero attached hydrogens (tertiary/aromatic N) is 2. The number of hydrogen-bond donors (Lipinski definition) is 1. The van der Waals surface area contributed by atoms with E-state index in [0.29, 0.717) is 5.92 Å². The molecule has 90 valence electrons. The molecular weight excluding hydrogens is 198 g/mol. The fraction of sp³-hybridized carbons (Fsp3) is 0.692. The van der Waals surface area contributed by atoms with Gasteiger partial charge in [-0.1, -0.05) is 13.8 Å². The molecule has 1 rings (SSSR count). The van der Waals surface area contributed by atoms with Crippen LogP contribution in [0, 0.1) is 5.92 Å². The highest BCUT2D eigenvalue weighted by molar-refractivity contribution is 5.05. The molecule has 0 unspecified atom stereocenters. The Morgan fingerprint density at radius 3 is 2.19 bits per heavy atom. The fourth-order valence-corrected chi connectivity index (χ4v) is 1.31. The van der Waals surface area contributed by atoms with Crippen molar-refractivity contribution in [3.05, 3.63) is 23.8 Å². The smallest absolute Gasteiger partial charge is 0.128 e. The van der Waals surface area contributed by atoms with Crippen LogP contribution in [0.15, 0.2) is 12.4 Å². The van der Waals surface area contributed by atoms with Crippen molar-refractivity contribution in [1.82, 2.24) is 15.3 Å². The molecule has 3 heteroatoms. The largest absolute Gasteiger partial charge is 0.308 e. The van der Waals surface area contributed by atoms with E-state index >= 15 is 0 Å². The van der Waals surface area contributed by atoms with E-state index in [1.807, 2.05) is 12.4 Å². The molecular formula is C13H23N3. The quantitative estimate of drug-likeness (QED) is 0.849. The summed E-state index contributed by atoms with van der Waals surface area (Å²) < 4.78 is 0. The second-order valence-electron chi connectivity index (χ2n) is 5.71. The Labute approximate surface area is 98.7 Å². The third kappa shape index (κ3) is 5.21. The number of nitrogens with one attached hydrogen (secondary N) is 1. The lowest BCUT2D eigenvalue weighted by Gasteiger charge is -2.20. The van der Waals surface area contributed by atoms with Gasteiger partial charge in [-0.25, -0.2) is 9.97 Å². The van der Waals surface area contributed by atoms with E-state index < -0.39 is 0 Å². The van der Waals surface area contributed by atoms with Gasteiger partial charge in [-0.2, -0.15) is 0 Å². The van der Waals surface area contributed by atoms with Crippen LogP contribution in [0.2, 0.25) is 0 Å². The van der Waals surface area contributed by atoms with Gasteiger partial charge in [0.15, 0.2) is 0 Å². The second kappa shape index (κ2) is 5.39. The highest BCUT2D eigenvalue weighted by atomic mass is 15.0. The molecule has 0 amide bonds. The van der Waals surface area contributed by atoms with Crippen molar-refractivity contribution in [2.75, 3.05) is 0 Å². The molecule has 0 radical (unpaired) electrons. The number of hydrogen-bond acceptors (Lipinski definition) is 3. The van der Waals surface area contributed by atoms with Crippen LogP contribution < -0.4 is 5.32 Å². The highest BCUT2D eigenvalue weighted by Gasteiger charge is 2.08. The van der Waals surface area contributed by atoms with E-state index in [2.05, 4.69) is 49.9 Å². The minimum absolute atomic E-state index is 0.136. The Balaban J connectivity index is 2.51. The molecule has 16 heavy (non-hydrogen) atoms. The van der Waals surface area contributed by atoms with Gasteiger partial charge >= 0.3 is 0 Å². The predicted molar refractivity (Wildman–Crippen MR) is 67.2 cm³/mol. The molecule has 1 aromatic heterocycles. The Bertz CT molecular complexity index is 309. The molecule has 0 atom stereocenters. The minimum atomic E-state index is 0.136. The topological polar surface area (TPSA) is 37.8 Å². The van der Waals surface area contributed by atoms with Crippen LogP contribution >= 0.6 is 0 Å². The van der Waals surface area contributed by atoms with Gasteiger partial charge in [0, 0.05) is 36.5 Å². The Kier molecular flexibility index (Phi) is 4.42. The average Bonchev–Trinajstić information content (AvgIpc) is 2.14. The van der Waals surface area contributed by atoms with E-state index in [0.717, 1.165) is 24.4 Å². The van der Waals surface area contributed by atoms with E-state index in [1.165, 1.54) is 0 Å². The maximum absolute atomic E-state index is 4.37. The highest BCUT2D eigenvalue weighted by Crippen LogP contribution is 2.05. The molecule has 1 N–H and O–H groups in total. The van der Waals surface area contributed by atoms with E-state index in [9.17, 15) is 0 Å². The monoisotopic (exact) mass is 221 g/mol. The van der Waals surface area contributed by atoms with Crippen molar-refractivity contribution >= 4 is 0 Å². The Morgan fingerprint density at radius 1 is 1.19 bits per heavy atom. The minimum Gasteiger partial charge on any atom is -0.308 e. The van der Waals surface area contributed by atoms with Crippen molar-refractivity contribution in [1.29, 1.82) is 0 Å². The summed E-state index contributed by atoms with van der Waals surface area (Å²) in [6, 6.07) is 0. The average molecular weight is 221 g/mol. The number of aromatic nitrogens is 2. The zero-order valence-electron chi connectivity index (χ0n) is 11.0. The Hall–Kier alpha value is -0.960. The van der Waals surface area contributed by atoms with Crippen molar-refractivity contribution in [2.45, 2.75) is 53.1 Å². The van der Waals surface area contributed by atoms with Gasteiger partial charge < -0.3 is 5.32 Å². The third-order valence-corrected chi connectivity index (χ3v) is 2.17. The maximum atomic E-state index is 4.37. The molecule has 0 bridgehead atoms. The molecule has 1 heterocycles. The normalized spacial score (nSPS) is 12.1. The van der Waals surface area contributed by atoms with Gasteiger partial charge in [0.2, 0.25) is 0 Å². The van der Waals surface area contributed by atoms with E-state index in [-0.39, 0.29) is 5.54 Å². The van der Waals surface area contributed by atoms with Crippen LogP contribution in [0.1, 0.15) is 46.0 Å². The first-order chi connectivity index (χ1) is 7.37. The first-order valence-electron chi connectivity index (χ1n) is 5.91. The Morgan fingerprint density at radius 2 is 1.75 bits per heavy atom. The van der Waals surface area contributed by atoms with E-state index in [1.54, 1.807) is 0 Å². The lowest BCUT2D eigenvalue weighted by Crippen LogP contribution is -2.35. The SMILES string of the molecule is CC(C)Cc1ncc(CNC(C)(C)C)cn1. The zero-order chi connectivity index (χ0) is 12.2. The lowest BCUT2D eigenvalue weighted by molar-refractivity contribution is 0.423. The van der Waals surface area contributed by atoms with Gasteiger partial charge in [-0.15, -0.1) is 0 Å². The summed E-state index contributed by atoms with van der Waals surface area (Å²) in [5.41, 5.74) is 1.28. The van der Waals surface area contributed by atoms with Crippen LogP contribution in [0.5, 0.6) is 0 Å². The van der Waals surface area contributed by atoms with Crippen molar-refractivity contribution in [2.24, 2.45) is 5.92 Å². The number of rotatable bonds is 4. The first-order valence-corrected chi connectivity index (χ1v) is 5.91.